The third-order valence-electron chi connectivity index (χ3n) is 2.82. The fourth-order valence-corrected chi connectivity index (χ4v) is 2.96. The molecule has 0 spiro atoms. The van der Waals surface area contributed by atoms with E-state index in [1.54, 1.807) is 30.3 Å². The van der Waals surface area contributed by atoms with Crippen molar-refractivity contribution in [1.29, 1.82) is 0 Å². The molecule has 7 heteroatoms. The van der Waals surface area contributed by atoms with Gasteiger partial charge < -0.3 is 5.73 Å². The molecule has 0 atom stereocenters. The minimum Gasteiger partial charge on any atom is -0.326 e. The molecule has 106 valence electrons. The highest BCUT2D eigenvalue weighted by atomic mass is 79.9. The van der Waals surface area contributed by atoms with Gasteiger partial charge in [0.25, 0.3) is 10.0 Å². The fraction of sp³-hybridized carbons (Fsp3) is 0.154. The number of nitrogens with two attached hydrogens (primary N) is 1. The van der Waals surface area contributed by atoms with E-state index in [1.165, 1.54) is 6.20 Å². The van der Waals surface area contributed by atoms with Crippen LogP contribution in [0.4, 0.5) is 5.82 Å². The normalized spacial score (nSPS) is 11.3. The third kappa shape index (κ3) is 3.36. The van der Waals surface area contributed by atoms with Crippen LogP contribution < -0.4 is 10.5 Å². The Morgan fingerprint density at radius 1 is 1.30 bits per heavy atom. The van der Waals surface area contributed by atoms with Crippen LogP contribution in [-0.2, 0) is 16.6 Å². The van der Waals surface area contributed by atoms with Gasteiger partial charge in [0.05, 0.1) is 4.90 Å². The third-order valence-corrected chi connectivity index (χ3v) is 4.64. The topological polar surface area (TPSA) is 85.1 Å². The molecule has 0 saturated heterocycles. The molecule has 20 heavy (non-hydrogen) atoms. The number of nitrogens with zero attached hydrogens (tertiary/aromatic N) is 1. The summed E-state index contributed by atoms with van der Waals surface area (Å²) in [4.78, 5) is 4.16. The Hall–Kier alpha value is -1.44. The summed E-state index contributed by atoms with van der Waals surface area (Å²) in [5, 5.41) is 0. The number of sulfonamides is 1. The fourth-order valence-electron chi connectivity index (χ4n) is 1.67. The van der Waals surface area contributed by atoms with E-state index in [2.05, 4.69) is 25.6 Å². The molecule has 0 saturated carbocycles. The number of hydrogen-bond donors (Lipinski definition) is 2. The SMILES string of the molecule is Cc1ccc(S(=O)(=O)Nc2ccc(Br)cn2)cc1CN. The lowest BCUT2D eigenvalue weighted by molar-refractivity contribution is 0.601. The zero-order chi connectivity index (χ0) is 14.8. The summed E-state index contributed by atoms with van der Waals surface area (Å²) in [5.41, 5.74) is 7.37. The first kappa shape index (κ1) is 15.0. The summed E-state index contributed by atoms with van der Waals surface area (Å²) < 4.78 is 27.7. The highest BCUT2D eigenvalue weighted by Crippen LogP contribution is 2.19. The molecule has 1 aromatic heterocycles. The standard InChI is InChI=1S/C13H14BrN3O2S/c1-9-2-4-12(6-10(9)7-15)20(18,19)17-13-5-3-11(14)8-16-13/h2-6,8H,7,15H2,1H3,(H,16,17). The number of pyridine rings is 1. The smallest absolute Gasteiger partial charge is 0.263 e. The minimum atomic E-state index is -3.66. The van der Waals surface area contributed by atoms with Gasteiger partial charge in [-0.15, -0.1) is 0 Å². The maximum absolute atomic E-state index is 12.3. The van der Waals surface area contributed by atoms with Crippen LogP contribution in [0.15, 0.2) is 45.9 Å². The molecular weight excluding hydrogens is 342 g/mol. The van der Waals surface area contributed by atoms with E-state index in [0.29, 0.717) is 6.54 Å². The maximum Gasteiger partial charge on any atom is 0.263 e. The average Bonchev–Trinajstić information content (AvgIpc) is 2.41. The molecule has 0 aliphatic carbocycles. The van der Waals surface area contributed by atoms with Crippen molar-refractivity contribution in [1.82, 2.24) is 4.98 Å². The summed E-state index contributed by atoms with van der Waals surface area (Å²) in [6.07, 6.45) is 1.53. The molecule has 0 unspecified atom stereocenters. The monoisotopic (exact) mass is 355 g/mol. The van der Waals surface area contributed by atoms with E-state index in [1.807, 2.05) is 6.92 Å². The first-order chi connectivity index (χ1) is 9.42. The van der Waals surface area contributed by atoms with Crippen LogP contribution >= 0.6 is 15.9 Å². The van der Waals surface area contributed by atoms with Crippen LogP contribution in [0, 0.1) is 6.92 Å². The Bertz CT molecular complexity index is 715. The number of rotatable bonds is 4. The van der Waals surface area contributed by atoms with Crippen molar-refractivity contribution in [3.8, 4) is 0 Å². The molecule has 0 amide bonds. The lowest BCUT2D eigenvalue weighted by atomic mass is 10.1. The lowest BCUT2D eigenvalue weighted by Crippen LogP contribution is -2.14. The second kappa shape index (κ2) is 5.90. The van der Waals surface area contributed by atoms with E-state index in [9.17, 15) is 8.42 Å². The Morgan fingerprint density at radius 2 is 2.05 bits per heavy atom. The zero-order valence-corrected chi connectivity index (χ0v) is 13.2. The lowest BCUT2D eigenvalue weighted by Gasteiger charge is -2.10. The van der Waals surface area contributed by atoms with Gasteiger partial charge in [-0.2, -0.15) is 0 Å². The summed E-state index contributed by atoms with van der Waals surface area (Å²) in [6, 6.07) is 8.17. The average molecular weight is 356 g/mol. The molecule has 2 rings (SSSR count). The van der Waals surface area contributed by atoms with Gasteiger partial charge in [-0.25, -0.2) is 13.4 Å². The van der Waals surface area contributed by atoms with Gasteiger partial charge >= 0.3 is 0 Å². The molecule has 0 bridgehead atoms. The number of nitrogens with one attached hydrogen (secondary N) is 1. The van der Waals surface area contributed by atoms with Gasteiger partial charge in [-0.05, 0) is 58.2 Å². The van der Waals surface area contributed by atoms with Crippen molar-refractivity contribution in [2.24, 2.45) is 5.73 Å². The first-order valence-corrected chi connectivity index (χ1v) is 8.14. The largest absolute Gasteiger partial charge is 0.326 e. The van der Waals surface area contributed by atoms with Crippen LogP contribution in [0.1, 0.15) is 11.1 Å². The Kier molecular flexibility index (Phi) is 4.42. The molecule has 1 aromatic carbocycles. The number of aryl methyl sites for hydroxylation is 1. The van der Waals surface area contributed by atoms with Crippen molar-refractivity contribution < 1.29 is 8.42 Å². The van der Waals surface area contributed by atoms with E-state index >= 15 is 0 Å². The summed E-state index contributed by atoms with van der Waals surface area (Å²) >= 11 is 3.24. The van der Waals surface area contributed by atoms with Crippen LogP contribution in [0.2, 0.25) is 0 Å². The molecule has 0 radical (unpaired) electrons. The summed E-state index contributed by atoms with van der Waals surface area (Å²) in [5.74, 6) is 0.267. The number of anilines is 1. The Morgan fingerprint density at radius 3 is 2.65 bits per heavy atom. The zero-order valence-electron chi connectivity index (χ0n) is 10.8. The molecule has 0 aliphatic rings. The number of aromatic nitrogens is 1. The molecule has 0 fully saturated rings. The second-order valence-electron chi connectivity index (χ2n) is 4.26. The van der Waals surface area contributed by atoms with Gasteiger partial charge in [0.1, 0.15) is 5.82 Å². The van der Waals surface area contributed by atoms with Crippen LogP contribution in [0.5, 0.6) is 0 Å². The van der Waals surface area contributed by atoms with Crippen molar-refractivity contribution in [2.75, 3.05) is 4.72 Å². The predicted molar refractivity (Wildman–Crippen MR) is 81.8 cm³/mol. The van der Waals surface area contributed by atoms with Crippen molar-refractivity contribution in [3.63, 3.8) is 0 Å². The van der Waals surface area contributed by atoms with Crippen LogP contribution in [0.25, 0.3) is 0 Å². The first-order valence-electron chi connectivity index (χ1n) is 5.86. The van der Waals surface area contributed by atoms with Crippen molar-refractivity contribution in [3.05, 3.63) is 52.1 Å². The quantitative estimate of drug-likeness (QED) is 0.881. The van der Waals surface area contributed by atoms with Gasteiger partial charge in [0.15, 0.2) is 0 Å². The number of benzene rings is 1. The number of hydrogen-bond acceptors (Lipinski definition) is 4. The summed E-state index contributed by atoms with van der Waals surface area (Å²) in [6.45, 7) is 2.19. The Balaban J connectivity index is 2.33. The molecule has 2 aromatic rings. The maximum atomic E-state index is 12.3. The van der Waals surface area contributed by atoms with E-state index in [4.69, 9.17) is 5.73 Å². The number of halogens is 1. The van der Waals surface area contributed by atoms with E-state index < -0.39 is 10.0 Å². The van der Waals surface area contributed by atoms with Gasteiger partial charge in [0, 0.05) is 17.2 Å². The van der Waals surface area contributed by atoms with Crippen LogP contribution in [0.3, 0.4) is 0 Å². The Labute approximate surface area is 126 Å². The highest BCUT2D eigenvalue weighted by Gasteiger charge is 2.15. The minimum absolute atomic E-state index is 0.174. The summed E-state index contributed by atoms with van der Waals surface area (Å²) in [7, 11) is -3.66. The van der Waals surface area contributed by atoms with Gasteiger partial charge in [0.2, 0.25) is 0 Å². The predicted octanol–water partition coefficient (Wildman–Crippen LogP) is 2.41. The molecule has 3 N–H and O–H groups in total. The highest BCUT2D eigenvalue weighted by molar-refractivity contribution is 9.10. The van der Waals surface area contributed by atoms with Crippen molar-refractivity contribution in [2.45, 2.75) is 18.4 Å². The van der Waals surface area contributed by atoms with Gasteiger partial charge in [-0.3, -0.25) is 4.72 Å². The molecule has 5 nitrogen and oxygen atoms in total. The molecule has 1 heterocycles. The van der Waals surface area contributed by atoms with E-state index in [-0.39, 0.29) is 10.7 Å². The molecule has 0 aliphatic heterocycles. The van der Waals surface area contributed by atoms with Crippen LogP contribution in [-0.4, -0.2) is 13.4 Å². The van der Waals surface area contributed by atoms with Gasteiger partial charge in [-0.1, -0.05) is 6.07 Å². The van der Waals surface area contributed by atoms with Crippen molar-refractivity contribution >= 4 is 31.8 Å². The second-order valence-corrected chi connectivity index (χ2v) is 6.86. The van der Waals surface area contributed by atoms with E-state index in [0.717, 1.165) is 15.6 Å². The molecular formula is C13H14BrN3O2S.